The van der Waals surface area contributed by atoms with Crippen molar-refractivity contribution >= 4 is 11.8 Å². The lowest BCUT2D eigenvalue weighted by Gasteiger charge is -2.18. The summed E-state index contributed by atoms with van der Waals surface area (Å²) < 4.78 is 0. The van der Waals surface area contributed by atoms with Crippen LogP contribution in [0.15, 0.2) is 11.6 Å². The number of hydrogen-bond acceptors (Lipinski definition) is 3. The van der Waals surface area contributed by atoms with E-state index in [2.05, 4.69) is 22.0 Å². The largest absolute Gasteiger partial charge is 0.353 e. The Kier molecular flexibility index (Phi) is 6.23. The molecule has 1 aliphatic heterocycles. The number of rotatable bonds is 6. The summed E-state index contributed by atoms with van der Waals surface area (Å²) in [6, 6.07) is -0.0971. The van der Waals surface area contributed by atoms with E-state index < -0.39 is 0 Å². The topological polar surface area (TPSA) is 70.2 Å². The molecule has 0 bridgehead atoms. The molecule has 2 rings (SSSR count). The molecule has 0 aromatic rings. The number of carbonyl (C=O) groups excluding carboxylic acids is 2. The van der Waals surface area contributed by atoms with Crippen LogP contribution in [0.1, 0.15) is 45.4 Å². The number of amides is 2. The molecule has 1 fully saturated rings. The number of nitrogens with one attached hydrogen (secondary N) is 3. The Hall–Kier alpha value is -1.36. The second-order valence-electron chi connectivity index (χ2n) is 6.19. The Morgan fingerprint density at radius 3 is 2.81 bits per heavy atom. The van der Waals surface area contributed by atoms with Crippen molar-refractivity contribution < 1.29 is 9.59 Å². The highest BCUT2D eigenvalue weighted by molar-refractivity contribution is 5.81. The summed E-state index contributed by atoms with van der Waals surface area (Å²) in [5, 5.41) is 9.15. The molecule has 2 amide bonds. The molecule has 118 valence electrons. The van der Waals surface area contributed by atoms with E-state index in [4.69, 9.17) is 0 Å². The SMILES string of the molecule is CC(CC(=O)NCC1=CCNCC1)NC(=O)C1CCCC1. The molecule has 0 radical (unpaired) electrons. The highest BCUT2D eigenvalue weighted by atomic mass is 16.2. The first-order valence-electron chi connectivity index (χ1n) is 8.11. The second kappa shape index (κ2) is 8.17. The van der Waals surface area contributed by atoms with Gasteiger partial charge in [-0.1, -0.05) is 24.5 Å². The molecular formula is C16H27N3O2. The fourth-order valence-electron chi connectivity index (χ4n) is 2.99. The Labute approximate surface area is 126 Å². The maximum atomic E-state index is 12.0. The zero-order chi connectivity index (χ0) is 15.1. The number of hydrogen-bond donors (Lipinski definition) is 3. The lowest BCUT2D eigenvalue weighted by atomic mass is 10.1. The van der Waals surface area contributed by atoms with Crippen LogP contribution in [0.3, 0.4) is 0 Å². The Balaban J connectivity index is 1.64. The van der Waals surface area contributed by atoms with Gasteiger partial charge >= 0.3 is 0 Å². The van der Waals surface area contributed by atoms with E-state index in [0.29, 0.717) is 13.0 Å². The quantitative estimate of drug-likeness (QED) is 0.643. The van der Waals surface area contributed by atoms with Crippen LogP contribution in [0, 0.1) is 5.92 Å². The maximum Gasteiger partial charge on any atom is 0.223 e. The van der Waals surface area contributed by atoms with Gasteiger partial charge in [-0.25, -0.2) is 0 Å². The van der Waals surface area contributed by atoms with E-state index in [0.717, 1.165) is 45.2 Å². The maximum absolute atomic E-state index is 12.0. The minimum Gasteiger partial charge on any atom is -0.353 e. The van der Waals surface area contributed by atoms with Gasteiger partial charge in [0.25, 0.3) is 0 Å². The zero-order valence-electron chi connectivity index (χ0n) is 12.9. The van der Waals surface area contributed by atoms with Gasteiger partial charge in [0.15, 0.2) is 0 Å². The fourth-order valence-corrected chi connectivity index (χ4v) is 2.99. The first-order chi connectivity index (χ1) is 10.1. The van der Waals surface area contributed by atoms with E-state index in [1.807, 2.05) is 6.92 Å². The third-order valence-electron chi connectivity index (χ3n) is 4.28. The summed E-state index contributed by atoms with van der Waals surface area (Å²) in [5.74, 6) is 0.290. The summed E-state index contributed by atoms with van der Waals surface area (Å²) >= 11 is 0. The summed E-state index contributed by atoms with van der Waals surface area (Å²) in [5.41, 5.74) is 1.28. The Bertz CT molecular complexity index is 400. The minimum absolute atomic E-state index is 0.00801. The van der Waals surface area contributed by atoms with E-state index >= 15 is 0 Å². The van der Waals surface area contributed by atoms with Gasteiger partial charge in [-0.3, -0.25) is 9.59 Å². The molecule has 0 aromatic heterocycles. The Morgan fingerprint density at radius 2 is 2.14 bits per heavy atom. The lowest BCUT2D eigenvalue weighted by molar-refractivity contribution is -0.126. The Morgan fingerprint density at radius 1 is 1.38 bits per heavy atom. The molecule has 21 heavy (non-hydrogen) atoms. The first kappa shape index (κ1) is 16.0. The van der Waals surface area contributed by atoms with Crippen molar-refractivity contribution in [3.63, 3.8) is 0 Å². The molecule has 1 atom stereocenters. The van der Waals surface area contributed by atoms with Crippen molar-refractivity contribution in [3.05, 3.63) is 11.6 Å². The monoisotopic (exact) mass is 293 g/mol. The van der Waals surface area contributed by atoms with Crippen molar-refractivity contribution in [1.82, 2.24) is 16.0 Å². The molecule has 0 saturated heterocycles. The molecule has 1 unspecified atom stereocenters. The van der Waals surface area contributed by atoms with Crippen LogP contribution in [0.2, 0.25) is 0 Å². The van der Waals surface area contributed by atoms with Gasteiger partial charge < -0.3 is 16.0 Å². The van der Waals surface area contributed by atoms with E-state index in [-0.39, 0.29) is 23.8 Å². The first-order valence-corrected chi connectivity index (χ1v) is 8.11. The standard InChI is InChI=1S/C16H27N3O2/c1-12(19-16(21)14-4-2-3-5-14)10-15(20)18-11-13-6-8-17-9-7-13/h6,12,14,17H,2-5,7-11H2,1H3,(H,18,20)(H,19,21). The average molecular weight is 293 g/mol. The van der Waals surface area contributed by atoms with Crippen molar-refractivity contribution in [2.24, 2.45) is 5.92 Å². The van der Waals surface area contributed by atoms with Gasteiger partial charge in [0, 0.05) is 31.5 Å². The predicted octanol–water partition coefficient (Wildman–Crippen LogP) is 1.11. The van der Waals surface area contributed by atoms with Crippen LogP contribution in [-0.2, 0) is 9.59 Å². The van der Waals surface area contributed by atoms with E-state index in [1.165, 1.54) is 5.57 Å². The smallest absolute Gasteiger partial charge is 0.223 e. The van der Waals surface area contributed by atoms with Crippen LogP contribution in [0.5, 0.6) is 0 Å². The molecule has 1 heterocycles. The van der Waals surface area contributed by atoms with Crippen LogP contribution in [-0.4, -0.2) is 37.5 Å². The van der Waals surface area contributed by atoms with Crippen LogP contribution >= 0.6 is 0 Å². The van der Waals surface area contributed by atoms with Crippen molar-refractivity contribution in [1.29, 1.82) is 0 Å². The molecule has 1 aliphatic carbocycles. The van der Waals surface area contributed by atoms with E-state index in [9.17, 15) is 9.59 Å². The third-order valence-corrected chi connectivity index (χ3v) is 4.28. The highest BCUT2D eigenvalue weighted by Gasteiger charge is 2.24. The fraction of sp³-hybridized carbons (Fsp3) is 0.750. The summed E-state index contributed by atoms with van der Waals surface area (Å²) in [6.45, 7) is 4.40. The molecule has 3 N–H and O–H groups in total. The molecule has 0 spiro atoms. The van der Waals surface area contributed by atoms with Crippen molar-refractivity contribution in [2.45, 2.75) is 51.5 Å². The molecule has 5 nitrogen and oxygen atoms in total. The van der Waals surface area contributed by atoms with Crippen LogP contribution in [0.4, 0.5) is 0 Å². The van der Waals surface area contributed by atoms with Gasteiger partial charge in [-0.15, -0.1) is 0 Å². The average Bonchev–Trinajstić information content (AvgIpc) is 3.00. The predicted molar refractivity (Wildman–Crippen MR) is 82.8 cm³/mol. The van der Waals surface area contributed by atoms with Crippen molar-refractivity contribution in [3.8, 4) is 0 Å². The second-order valence-corrected chi connectivity index (χ2v) is 6.19. The number of carbonyl (C=O) groups is 2. The van der Waals surface area contributed by atoms with Crippen LogP contribution in [0.25, 0.3) is 0 Å². The highest BCUT2D eigenvalue weighted by Crippen LogP contribution is 2.24. The molecule has 5 heteroatoms. The zero-order valence-corrected chi connectivity index (χ0v) is 12.9. The minimum atomic E-state index is -0.0971. The molecule has 1 saturated carbocycles. The van der Waals surface area contributed by atoms with Gasteiger partial charge in [-0.2, -0.15) is 0 Å². The molecular weight excluding hydrogens is 266 g/mol. The van der Waals surface area contributed by atoms with Gasteiger partial charge in [0.05, 0.1) is 0 Å². The summed E-state index contributed by atoms with van der Waals surface area (Å²) in [7, 11) is 0. The van der Waals surface area contributed by atoms with Crippen LogP contribution < -0.4 is 16.0 Å². The van der Waals surface area contributed by atoms with Gasteiger partial charge in [0.2, 0.25) is 11.8 Å². The van der Waals surface area contributed by atoms with Gasteiger partial charge in [0.1, 0.15) is 0 Å². The lowest BCUT2D eigenvalue weighted by Crippen LogP contribution is -2.40. The normalized spacial score (nSPS) is 20.7. The molecule has 0 aromatic carbocycles. The van der Waals surface area contributed by atoms with Gasteiger partial charge in [-0.05, 0) is 32.7 Å². The summed E-state index contributed by atoms with van der Waals surface area (Å²) in [4.78, 5) is 23.9. The third kappa shape index (κ3) is 5.50. The van der Waals surface area contributed by atoms with Crippen molar-refractivity contribution in [2.75, 3.05) is 19.6 Å². The molecule has 2 aliphatic rings. The summed E-state index contributed by atoms with van der Waals surface area (Å²) in [6.07, 6.45) is 7.76. The van der Waals surface area contributed by atoms with E-state index in [1.54, 1.807) is 0 Å².